The van der Waals surface area contributed by atoms with Crippen molar-refractivity contribution in [3.63, 3.8) is 0 Å². The van der Waals surface area contributed by atoms with Gasteiger partial charge in [-0.05, 0) is 18.6 Å². The molecule has 0 aliphatic heterocycles. The zero-order valence-electron chi connectivity index (χ0n) is 12.3. The lowest BCUT2D eigenvalue weighted by atomic mass is 10.1. The molecule has 0 bridgehead atoms. The van der Waals surface area contributed by atoms with E-state index in [0.717, 1.165) is 12.1 Å². The van der Waals surface area contributed by atoms with Crippen LogP contribution in [0.3, 0.4) is 0 Å². The van der Waals surface area contributed by atoms with Gasteiger partial charge >= 0.3 is 0 Å². The van der Waals surface area contributed by atoms with Gasteiger partial charge < -0.3 is 15.2 Å². The molecule has 6 heteroatoms. The molecule has 0 amide bonds. The largest absolute Gasteiger partial charge is 0.388 e. The zero-order valence-corrected chi connectivity index (χ0v) is 13.2. The monoisotopic (exact) mass is 297 g/mol. The van der Waals surface area contributed by atoms with Crippen LogP contribution in [0.1, 0.15) is 18.2 Å². The number of nitrogens with zero attached hydrogens (tertiary/aromatic N) is 2. The molecule has 1 aromatic heterocycles. The summed E-state index contributed by atoms with van der Waals surface area (Å²) in [5.41, 5.74) is 7.44. The molecule has 2 N–H and O–H groups in total. The van der Waals surface area contributed by atoms with Crippen LogP contribution in [-0.4, -0.2) is 54.9 Å². The summed E-state index contributed by atoms with van der Waals surface area (Å²) < 4.78 is 10.4. The van der Waals surface area contributed by atoms with Gasteiger partial charge in [0.25, 0.3) is 0 Å². The van der Waals surface area contributed by atoms with Gasteiger partial charge in [-0.15, -0.1) is 0 Å². The van der Waals surface area contributed by atoms with E-state index in [0.29, 0.717) is 30.4 Å². The third-order valence-electron chi connectivity index (χ3n) is 3.11. The Morgan fingerprint density at radius 3 is 2.80 bits per heavy atom. The first-order valence-electron chi connectivity index (χ1n) is 6.55. The van der Waals surface area contributed by atoms with Crippen molar-refractivity contribution in [2.24, 2.45) is 5.73 Å². The lowest BCUT2D eigenvalue weighted by Gasteiger charge is -2.29. The van der Waals surface area contributed by atoms with Crippen molar-refractivity contribution in [1.82, 2.24) is 9.88 Å². The summed E-state index contributed by atoms with van der Waals surface area (Å²) in [5.74, 6) is 0. The van der Waals surface area contributed by atoms with Crippen LogP contribution in [-0.2, 0) is 16.0 Å². The number of ether oxygens (including phenoxy) is 2. The third kappa shape index (κ3) is 5.13. The summed E-state index contributed by atoms with van der Waals surface area (Å²) in [4.78, 5) is 6.86. The van der Waals surface area contributed by atoms with Gasteiger partial charge in [0.05, 0.1) is 13.2 Å². The fourth-order valence-electron chi connectivity index (χ4n) is 2.02. The van der Waals surface area contributed by atoms with Gasteiger partial charge in [0, 0.05) is 39.5 Å². The second-order valence-electron chi connectivity index (χ2n) is 4.64. The standard InChI is InChI=1S/C14H23N3O2S/c1-11(10-19-3)17(7-8-18-2)9-12-5-4-6-16-13(12)14(15)20/h4-6,11H,7-10H2,1-3H3,(H2,15,20). The number of hydrogen-bond donors (Lipinski definition) is 1. The van der Waals surface area contributed by atoms with Crippen molar-refractivity contribution in [3.8, 4) is 0 Å². The Balaban J connectivity index is 2.85. The van der Waals surface area contributed by atoms with Gasteiger partial charge in [0.1, 0.15) is 10.7 Å². The van der Waals surface area contributed by atoms with Gasteiger partial charge in [-0.3, -0.25) is 9.88 Å². The van der Waals surface area contributed by atoms with Crippen molar-refractivity contribution >= 4 is 17.2 Å². The SMILES string of the molecule is COCCN(Cc1cccnc1C(N)=S)C(C)COC. The Kier molecular flexibility index (Phi) is 7.61. The van der Waals surface area contributed by atoms with E-state index in [4.69, 9.17) is 27.4 Å². The molecule has 1 atom stereocenters. The molecule has 0 saturated carbocycles. The molecular formula is C14H23N3O2S. The van der Waals surface area contributed by atoms with E-state index < -0.39 is 0 Å². The average Bonchev–Trinajstić information content (AvgIpc) is 2.43. The molecule has 112 valence electrons. The highest BCUT2D eigenvalue weighted by molar-refractivity contribution is 7.80. The van der Waals surface area contributed by atoms with Gasteiger partial charge in [-0.2, -0.15) is 0 Å². The number of hydrogen-bond acceptors (Lipinski definition) is 5. The second-order valence-corrected chi connectivity index (χ2v) is 5.08. The summed E-state index contributed by atoms with van der Waals surface area (Å²) in [7, 11) is 3.40. The normalized spacial score (nSPS) is 12.6. The van der Waals surface area contributed by atoms with Crippen LogP contribution in [0.25, 0.3) is 0 Å². The van der Waals surface area contributed by atoms with Crippen LogP contribution in [0.5, 0.6) is 0 Å². The van der Waals surface area contributed by atoms with Gasteiger partial charge in [-0.25, -0.2) is 0 Å². The molecule has 5 nitrogen and oxygen atoms in total. The molecular weight excluding hydrogens is 274 g/mol. The predicted molar refractivity (Wildman–Crippen MR) is 83.7 cm³/mol. The number of aromatic nitrogens is 1. The smallest absolute Gasteiger partial charge is 0.123 e. The molecule has 1 heterocycles. The van der Waals surface area contributed by atoms with Crippen LogP contribution < -0.4 is 5.73 Å². The van der Waals surface area contributed by atoms with E-state index in [2.05, 4.69) is 16.8 Å². The molecule has 1 unspecified atom stereocenters. The van der Waals surface area contributed by atoms with Crippen LogP contribution >= 0.6 is 12.2 Å². The summed E-state index contributed by atoms with van der Waals surface area (Å²) in [6.07, 6.45) is 1.70. The first-order chi connectivity index (χ1) is 9.60. The van der Waals surface area contributed by atoms with E-state index >= 15 is 0 Å². The molecule has 0 spiro atoms. The predicted octanol–water partition coefficient (Wildman–Crippen LogP) is 1.20. The van der Waals surface area contributed by atoms with E-state index in [9.17, 15) is 0 Å². The third-order valence-corrected chi connectivity index (χ3v) is 3.31. The van der Waals surface area contributed by atoms with Crippen LogP contribution in [0.15, 0.2) is 18.3 Å². The van der Waals surface area contributed by atoms with E-state index in [1.165, 1.54) is 0 Å². The van der Waals surface area contributed by atoms with Crippen LogP contribution in [0.2, 0.25) is 0 Å². The molecule has 20 heavy (non-hydrogen) atoms. The summed E-state index contributed by atoms with van der Waals surface area (Å²) in [6.45, 7) is 4.97. The van der Waals surface area contributed by atoms with Crippen LogP contribution in [0.4, 0.5) is 0 Å². The number of thiocarbonyl (C=S) groups is 1. The van der Waals surface area contributed by atoms with Crippen molar-refractivity contribution in [2.45, 2.75) is 19.5 Å². The first kappa shape index (κ1) is 17.0. The molecule has 0 aliphatic rings. The summed E-state index contributed by atoms with van der Waals surface area (Å²) in [6, 6.07) is 4.17. The van der Waals surface area contributed by atoms with Crippen molar-refractivity contribution < 1.29 is 9.47 Å². The molecule has 1 aromatic rings. The maximum Gasteiger partial charge on any atom is 0.123 e. The van der Waals surface area contributed by atoms with E-state index in [-0.39, 0.29) is 6.04 Å². The molecule has 0 fully saturated rings. The highest BCUT2D eigenvalue weighted by Gasteiger charge is 2.16. The van der Waals surface area contributed by atoms with Crippen molar-refractivity contribution in [2.75, 3.05) is 34.0 Å². The average molecular weight is 297 g/mol. The van der Waals surface area contributed by atoms with Gasteiger partial charge in [-0.1, -0.05) is 18.3 Å². The summed E-state index contributed by atoms with van der Waals surface area (Å²) >= 11 is 5.05. The molecule has 0 aromatic carbocycles. The second kappa shape index (κ2) is 8.97. The van der Waals surface area contributed by atoms with Crippen LogP contribution in [0, 0.1) is 0 Å². The Labute approximate surface area is 126 Å². The Morgan fingerprint density at radius 2 is 2.20 bits per heavy atom. The zero-order chi connectivity index (χ0) is 15.0. The maximum absolute atomic E-state index is 5.73. The first-order valence-corrected chi connectivity index (χ1v) is 6.96. The minimum absolute atomic E-state index is 0.273. The highest BCUT2D eigenvalue weighted by Crippen LogP contribution is 2.12. The highest BCUT2D eigenvalue weighted by atomic mass is 32.1. The molecule has 0 saturated heterocycles. The van der Waals surface area contributed by atoms with Gasteiger partial charge in [0.15, 0.2) is 0 Å². The van der Waals surface area contributed by atoms with Crippen molar-refractivity contribution in [1.29, 1.82) is 0 Å². The number of methoxy groups -OCH3 is 2. The number of nitrogens with two attached hydrogens (primary N) is 1. The Bertz CT molecular complexity index is 429. The number of pyridine rings is 1. The summed E-state index contributed by atoms with van der Waals surface area (Å²) in [5, 5.41) is 0. The fraction of sp³-hybridized carbons (Fsp3) is 0.571. The van der Waals surface area contributed by atoms with Crippen molar-refractivity contribution in [3.05, 3.63) is 29.6 Å². The quantitative estimate of drug-likeness (QED) is 0.691. The molecule has 0 radical (unpaired) electrons. The topological polar surface area (TPSA) is 60.6 Å². The van der Waals surface area contributed by atoms with E-state index in [1.54, 1.807) is 20.4 Å². The molecule has 0 aliphatic carbocycles. The van der Waals surface area contributed by atoms with Gasteiger partial charge in [0.2, 0.25) is 0 Å². The lowest BCUT2D eigenvalue weighted by molar-refractivity contribution is 0.0704. The molecule has 1 rings (SSSR count). The number of rotatable bonds is 9. The minimum Gasteiger partial charge on any atom is -0.388 e. The Hall–Kier alpha value is -1.08. The fourth-order valence-corrected chi connectivity index (χ4v) is 2.20. The lowest BCUT2D eigenvalue weighted by Crippen LogP contribution is -2.38. The Morgan fingerprint density at radius 1 is 1.45 bits per heavy atom. The minimum atomic E-state index is 0.273. The maximum atomic E-state index is 5.73. The van der Waals surface area contributed by atoms with E-state index in [1.807, 2.05) is 12.1 Å².